The summed E-state index contributed by atoms with van der Waals surface area (Å²) in [6, 6.07) is 13.1. The highest BCUT2D eigenvalue weighted by molar-refractivity contribution is 6.39. The van der Waals surface area contributed by atoms with Gasteiger partial charge in [-0.2, -0.15) is 0 Å². The zero-order valence-corrected chi connectivity index (χ0v) is 13.3. The number of hydrogen-bond acceptors (Lipinski definition) is 1. The molecule has 1 fully saturated rings. The molecular weight excluding hydrogens is 327 g/mol. The maximum atomic E-state index is 13.3. The van der Waals surface area contributed by atoms with Gasteiger partial charge in [-0.3, -0.25) is 0 Å². The Morgan fingerprint density at radius 3 is 2.14 bits per heavy atom. The molecule has 0 atom stereocenters. The average Bonchev–Trinajstić information content (AvgIpc) is 2.47. The second-order valence-electron chi connectivity index (χ2n) is 5.49. The van der Waals surface area contributed by atoms with Gasteiger partial charge < -0.3 is 4.90 Å². The molecule has 0 unspecified atom stereocenters. The van der Waals surface area contributed by atoms with Crippen LogP contribution in [-0.2, 0) is 0 Å². The summed E-state index contributed by atoms with van der Waals surface area (Å²) in [6.45, 7) is 0.708. The summed E-state index contributed by atoms with van der Waals surface area (Å²) in [5.41, 5.74) is 2.59. The highest BCUT2D eigenvalue weighted by Crippen LogP contribution is 2.37. The maximum absolute atomic E-state index is 13.3. The van der Waals surface area contributed by atoms with Gasteiger partial charge in [0.15, 0.2) is 0 Å². The smallest absolute Gasteiger partial charge is 0.251 e. The minimum atomic E-state index is -2.54. The lowest BCUT2D eigenvalue weighted by Crippen LogP contribution is -2.39. The first-order chi connectivity index (χ1) is 10.5. The van der Waals surface area contributed by atoms with Gasteiger partial charge in [0.25, 0.3) is 5.92 Å². The molecule has 0 spiro atoms. The van der Waals surface area contributed by atoms with E-state index in [2.05, 4.69) is 0 Å². The number of halogens is 4. The van der Waals surface area contributed by atoms with Crippen LogP contribution in [-0.4, -0.2) is 19.0 Å². The normalized spacial score (nSPS) is 17.5. The zero-order chi connectivity index (χ0) is 15.7. The summed E-state index contributed by atoms with van der Waals surface area (Å²) in [5.74, 6) is -2.54. The fourth-order valence-corrected chi connectivity index (χ4v) is 3.34. The van der Waals surface area contributed by atoms with Crippen LogP contribution in [0.5, 0.6) is 0 Å². The third kappa shape index (κ3) is 3.21. The van der Waals surface area contributed by atoms with Crippen molar-refractivity contribution >= 4 is 28.9 Å². The molecule has 116 valence electrons. The second kappa shape index (κ2) is 6.05. The van der Waals surface area contributed by atoms with E-state index in [4.69, 9.17) is 23.2 Å². The van der Waals surface area contributed by atoms with Gasteiger partial charge in [-0.15, -0.1) is 0 Å². The fourth-order valence-electron chi connectivity index (χ4n) is 2.72. The quantitative estimate of drug-likeness (QED) is 0.657. The maximum Gasteiger partial charge on any atom is 0.251 e. The lowest BCUT2D eigenvalue weighted by molar-refractivity contribution is -0.0220. The van der Waals surface area contributed by atoms with Crippen molar-refractivity contribution in [1.29, 1.82) is 0 Å². The van der Waals surface area contributed by atoms with Crippen LogP contribution < -0.4 is 4.90 Å². The Balaban J connectivity index is 1.91. The number of alkyl halides is 2. The van der Waals surface area contributed by atoms with Gasteiger partial charge in [0, 0.05) is 47.2 Å². The molecule has 1 aliphatic heterocycles. The van der Waals surface area contributed by atoms with Crippen molar-refractivity contribution in [1.82, 2.24) is 0 Å². The molecule has 5 heteroatoms. The molecule has 2 aromatic rings. The highest BCUT2D eigenvalue weighted by atomic mass is 35.5. The molecule has 1 aliphatic rings. The summed E-state index contributed by atoms with van der Waals surface area (Å²) < 4.78 is 26.6. The van der Waals surface area contributed by atoms with E-state index >= 15 is 0 Å². The largest absolute Gasteiger partial charge is 0.371 e. The Labute approximate surface area is 138 Å². The van der Waals surface area contributed by atoms with Crippen molar-refractivity contribution < 1.29 is 8.78 Å². The van der Waals surface area contributed by atoms with Gasteiger partial charge in [-0.1, -0.05) is 41.4 Å². The molecule has 1 saturated heterocycles. The predicted octanol–water partition coefficient (Wildman–Crippen LogP) is 5.90. The van der Waals surface area contributed by atoms with Gasteiger partial charge in [0.1, 0.15) is 0 Å². The first-order valence-corrected chi connectivity index (χ1v) is 7.89. The average molecular weight is 342 g/mol. The van der Waals surface area contributed by atoms with E-state index in [1.807, 2.05) is 29.2 Å². The van der Waals surface area contributed by atoms with Crippen LogP contribution in [0.25, 0.3) is 11.1 Å². The lowest BCUT2D eigenvalue weighted by Gasteiger charge is -2.33. The Hall–Kier alpha value is -1.32. The van der Waals surface area contributed by atoms with Gasteiger partial charge in [-0.05, 0) is 29.8 Å². The van der Waals surface area contributed by atoms with Crippen LogP contribution in [0.2, 0.25) is 10.0 Å². The molecule has 0 bridgehead atoms. The third-order valence-electron chi connectivity index (χ3n) is 3.96. The van der Waals surface area contributed by atoms with E-state index in [9.17, 15) is 8.78 Å². The summed E-state index contributed by atoms with van der Waals surface area (Å²) in [4.78, 5) is 1.98. The van der Waals surface area contributed by atoms with E-state index in [-0.39, 0.29) is 12.8 Å². The van der Waals surface area contributed by atoms with Gasteiger partial charge in [0.05, 0.1) is 0 Å². The number of anilines is 1. The van der Waals surface area contributed by atoms with E-state index in [1.165, 1.54) is 0 Å². The molecule has 22 heavy (non-hydrogen) atoms. The predicted molar refractivity (Wildman–Crippen MR) is 88.3 cm³/mol. The Morgan fingerprint density at radius 2 is 1.50 bits per heavy atom. The summed E-state index contributed by atoms with van der Waals surface area (Å²) in [7, 11) is 0. The van der Waals surface area contributed by atoms with Crippen molar-refractivity contribution in [3.05, 3.63) is 52.5 Å². The fraction of sp³-hybridized carbons (Fsp3) is 0.294. The number of benzene rings is 2. The topological polar surface area (TPSA) is 3.24 Å². The van der Waals surface area contributed by atoms with Crippen molar-refractivity contribution in [2.24, 2.45) is 0 Å². The first-order valence-electron chi connectivity index (χ1n) is 7.13. The summed E-state index contributed by atoms with van der Waals surface area (Å²) >= 11 is 12.5. The summed E-state index contributed by atoms with van der Waals surface area (Å²) in [6.07, 6.45) is -0.214. The van der Waals surface area contributed by atoms with Crippen LogP contribution in [0.15, 0.2) is 42.5 Å². The molecule has 0 aliphatic carbocycles. The van der Waals surface area contributed by atoms with Crippen LogP contribution >= 0.6 is 23.2 Å². The minimum absolute atomic E-state index is 0.107. The second-order valence-corrected chi connectivity index (χ2v) is 6.30. The van der Waals surface area contributed by atoms with E-state index < -0.39 is 5.92 Å². The first kappa shape index (κ1) is 15.6. The third-order valence-corrected chi connectivity index (χ3v) is 4.59. The monoisotopic (exact) mass is 341 g/mol. The zero-order valence-electron chi connectivity index (χ0n) is 11.8. The highest BCUT2D eigenvalue weighted by Gasteiger charge is 2.34. The van der Waals surface area contributed by atoms with Gasteiger partial charge >= 0.3 is 0 Å². The van der Waals surface area contributed by atoms with Crippen molar-refractivity contribution in [3.8, 4) is 11.1 Å². The minimum Gasteiger partial charge on any atom is -0.371 e. The van der Waals surface area contributed by atoms with E-state index in [1.54, 1.807) is 18.2 Å². The van der Waals surface area contributed by atoms with Crippen LogP contribution in [0, 0.1) is 0 Å². The number of rotatable bonds is 2. The Kier molecular flexibility index (Phi) is 4.28. The molecule has 2 aromatic carbocycles. The van der Waals surface area contributed by atoms with E-state index in [0.29, 0.717) is 23.1 Å². The number of nitrogens with zero attached hydrogens (tertiary/aromatic N) is 1. The molecular formula is C17H15Cl2F2N. The number of piperidine rings is 1. The molecule has 0 radical (unpaired) electrons. The standard InChI is InChI=1S/C17H15Cl2F2N/c18-14-5-2-6-15(19)16(14)12-3-1-4-13(11-12)22-9-7-17(20,21)8-10-22/h1-6,11H,7-10H2. The summed E-state index contributed by atoms with van der Waals surface area (Å²) in [5, 5.41) is 1.16. The Bertz CT molecular complexity index is 658. The molecule has 0 aromatic heterocycles. The van der Waals surface area contributed by atoms with Crippen LogP contribution in [0.1, 0.15) is 12.8 Å². The molecule has 0 saturated carbocycles. The Morgan fingerprint density at radius 1 is 0.909 bits per heavy atom. The lowest BCUT2D eigenvalue weighted by atomic mass is 10.0. The number of hydrogen-bond donors (Lipinski definition) is 0. The van der Waals surface area contributed by atoms with Crippen molar-refractivity contribution in [3.63, 3.8) is 0 Å². The van der Waals surface area contributed by atoms with E-state index in [0.717, 1.165) is 16.8 Å². The van der Waals surface area contributed by atoms with Crippen LogP contribution in [0.4, 0.5) is 14.5 Å². The molecule has 1 nitrogen and oxygen atoms in total. The van der Waals surface area contributed by atoms with Crippen LogP contribution in [0.3, 0.4) is 0 Å². The molecule has 0 amide bonds. The SMILES string of the molecule is FC1(F)CCN(c2cccc(-c3c(Cl)cccc3Cl)c2)CC1. The molecule has 3 rings (SSSR count). The molecule has 1 heterocycles. The molecule has 0 N–H and O–H groups in total. The van der Waals surface area contributed by atoms with Crippen molar-refractivity contribution in [2.75, 3.05) is 18.0 Å². The van der Waals surface area contributed by atoms with Gasteiger partial charge in [0.2, 0.25) is 0 Å². The van der Waals surface area contributed by atoms with Crippen molar-refractivity contribution in [2.45, 2.75) is 18.8 Å². The van der Waals surface area contributed by atoms with Gasteiger partial charge in [-0.25, -0.2) is 8.78 Å².